The van der Waals surface area contributed by atoms with Crippen LogP contribution >= 0.6 is 11.6 Å². The van der Waals surface area contributed by atoms with Crippen molar-refractivity contribution in [2.24, 2.45) is 0 Å². The molecule has 5 nitrogen and oxygen atoms in total. The van der Waals surface area contributed by atoms with Gasteiger partial charge in [-0.1, -0.05) is 31.2 Å². The number of allylic oxidation sites excluding steroid dienone is 1. The number of hydrogen-bond donors (Lipinski definition) is 1. The number of ether oxygens (including phenoxy) is 4. The van der Waals surface area contributed by atoms with E-state index in [0.717, 1.165) is 6.04 Å². The quantitative estimate of drug-likeness (QED) is 0.300. The normalized spacial score (nSPS) is 28.1. The van der Waals surface area contributed by atoms with E-state index in [1.54, 1.807) is 12.2 Å². The lowest BCUT2D eigenvalue weighted by Crippen LogP contribution is -2.33. The minimum atomic E-state index is -1.38. The molecule has 0 amide bonds. The molecule has 2 atom stereocenters. The summed E-state index contributed by atoms with van der Waals surface area (Å²) in [5, 5.41) is 10.7. The van der Waals surface area contributed by atoms with Crippen LogP contribution < -0.4 is 0 Å². The summed E-state index contributed by atoms with van der Waals surface area (Å²) in [6.07, 6.45) is 3.44. The average Bonchev–Trinajstić information content (AvgIpc) is 3.21. The molecule has 2 aliphatic rings. The first-order valence-corrected chi connectivity index (χ1v) is 11.6. The first-order valence-electron chi connectivity index (χ1n) is 7.54. The molecule has 0 aromatic heterocycles. The van der Waals surface area contributed by atoms with Crippen molar-refractivity contribution in [2.45, 2.75) is 44.0 Å². The van der Waals surface area contributed by atoms with Crippen molar-refractivity contribution >= 4 is 19.7 Å². The van der Waals surface area contributed by atoms with Gasteiger partial charge >= 0.3 is 0 Å². The average molecular weight is 349 g/mol. The van der Waals surface area contributed by atoms with E-state index in [2.05, 4.69) is 19.6 Å². The maximum absolute atomic E-state index is 10.3. The summed E-state index contributed by atoms with van der Waals surface area (Å²) in [7, 11) is -1.09. The Morgan fingerprint density at radius 2 is 2.18 bits per heavy atom. The molecular formula is C15H25ClO5Si. The smallest absolute Gasteiger partial charge is 0.190 e. The molecule has 1 saturated heterocycles. The molecule has 0 aromatic rings. The number of halogens is 1. The number of rotatable bonds is 9. The van der Waals surface area contributed by atoms with Crippen LogP contribution in [0.3, 0.4) is 0 Å². The monoisotopic (exact) mass is 348 g/mol. The zero-order valence-electron chi connectivity index (χ0n) is 13.4. The fraction of sp³-hybridized carbons (Fsp3) is 0.733. The van der Waals surface area contributed by atoms with Gasteiger partial charge in [0.1, 0.15) is 11.9 Å². The van der Waals surface area contributed by atoms with Crippen molar-refractivity contribution < 1.29 is 24.1 Å². The lowest BCUT2D eigenvalue weighted by atomic mass is 10.1. The van der Waals surface area contributed by atoms with Crippen LogP contribution in [0.15, 0.2) is 22.9 Å². The maximum atomic E-state index is 10.3. The minimum Gasteiger partial charge on any atom is -0.466 e. The molecule has 0 saturated carbocycles. The van der Waals surface area contributed by atoms with Crippen LogP contribution in [0.1, 0.15) is 6.42 Å². The van der Waals surface area contributed by atoms with Gasteiger partial charge in [0.25, 0.3) is 0 Å². The van der Waals surface area contributed by atoms with Crippen LogP contribution in [0.4, 0.5) is 0 Å². The number of aliphatic hydroxyl groups is 1. The fourth-order valence-electron chi connectivity index (χ4n) is 1.83. The second kappa shape index (κ2) is 7.46. The van der Waals surface area contributed by atoms with Gasteiger partial charge in [0.15, 0.2) is 12.6 Å². The van der Waals surface area contributed by atoms with E-state index in [-0.39, 0.29) is 19.3 Å². The Labute approximate surface area is 137 Å². The van der Waals surface area contributed by atoms with Crippen molar-refractivity contribution in [3.05, 3.63) is 22.9 Å². The molecule has 1 heterocycles. The van der Waals surface area contributed by atoms with Crippen LogP contribution in [0.2, 0.25) is 25.7 Å². The predicted molar refractivity (Wildman–Crippen MR) is 87.3 cm³/mol. The van der Waals surface area contributed by atoms with Gasteiger partial charge in [0.2, 0.25) is 0 Å². The van der Waals surface area contributed by atoms with Gasteiger partial charge in [-0.15, -0.1) is 0 Å². The molecule has 2 rings (SSSR count). The van der Waals surface area contributed by atoms with E-state index in [0.29, 0.717) is 30.6 Å². The molecule has 1 N–H and O–H groups in total. The summed E-state index contributed by atoms with van der Waals surface area (Å²) in [5.41, 5.74) is 0. The number of hydrogen-bond acceptors (Lipinski definition) is 5. The van der Waals surface area contributed by atoms with Crippen LogP contribution in [-0.4, -0.2) is 51.7 Å². The van der Waals surface area contributed by atoms with Gasteiger partial charge in [-0.05, 0) is 18.2 Å². The SMILES string of the molecule is C[Si](C)(C)CCOCOC1=C(Cl)CC(O)(OC[C@@H]2CO2)C=C1. The van der Waals surface area contributed by atoms with Gasteiger partial charge in [-0.2, -0.15) is 0 Å². The summed E-state index contributed by atoms with van der Waals surface area (Å²) < 4.78 is 21.5. The van der Waals surface area contributed by atoms with Crippen molar-refractivity contribution in [1.29, 1.82) is 0 Å². The highest BCUT2D eigenvalue weighted by atomic mass is 35.5. The molecule has 0 aromatic carbocycles. The summed E-state index contributed by atoms with van der Waals surface area (Å²) in [6.45, 7) is 8.80. The zero-order valence-corrected chi connectivity index (χ0v) is 15.2. The van der Waals surface area contributed by atoms with Gasteiger partial charge in [-0.3, -0.25) is 0 Å². The molecular weight excluding hydrogens is 324 g/mol. The molecule has 22 heavy (non-hydrogen) atoms. The van der Waals surface area contributed by atoms with Gasteiger partial charge < -0.3 is 24.1 Å². The zero-order chi connectivity index (χ0) is 16.2. The van der Waals surface area contributed by atoms with E-state index in [1.807, 2.05) is 0 Å². The molecule has 7 heteroatoms. The second-order valence-electron chi connectivity index (χ2n) is 6.87. The van der Waals surface area contributed by atoms with Gasteiger partial charge in [0.05, 0.1) is 18.2 Å². The van der Waals surface area contributed by atoms with E-state index in [4.69, 9.17) is 30.5 Å². The highest BCUT2D eigenvalue weighted by molar-refractivity contribution is 6.76. The Balaban J connectivity index is 1.70. The van der Waals surface area contributed by atoms with Crippen LogP contribution in [0.25, 0.3) is 0 Å². The van der Waals surface area contributed by atoms with Crippen molar-refractivity contribution in [2.75, 3.05) is 26.6 Å². The summed E-state index contributed by atoms with van der Waals surface area (Å²) in [5.74, 6) is -0.861. The molecule has 1 aliphatic heterocycles. The fourth-order valence-corrected chi connectivity index (χ4v) is 2.90. The van der Waals surface area contributed by atoms with Crippen LogP contribution in [-0.2, 0) is 18.9 Å². The molecule has 1 unspecified atom stereocenters. The Hall–Kier alpha value is -0.373. The van der Waals surface area contributed by atoms with Crippen molar-refractivity contribution in [3.8, 4) is 0 Å². The highest BCUT2D eigenvalue weighted by Gasteiger charge is 2.34. The van der Waals surface area contributed by atoms with E-state index in [9.17, 15) is 5.11 Å². The first kappa shape index (κ1) is 18.0. The number of epoxide rings is 1. The molecule has 0 spiro atoms. The minimum absolute atomic E-state index is 0.0950. The lowest BCUT2D eigenvalue weighted by molar-refractivity contribution is -0.168. The summed E-state index contributed by atoms with van der Waals surface area (Å²) in [6, 6.07) is 1.09. The van der Waals surface area contributed by atoms with E-state index in [1.165, 1.54) is 0 Å². The molecule has 1 aliphatic carbocycles. The van der Waals surface area contributed by atoms with Gasteiger partial charge in [-0.25, -0.2) is 0 Å². The molecule has 0 radical (unpaired) electrons. The van der Waals surface area contributed by atoms with E-state index < -0.39 is 13.9 Å². The van der Waals surface area contributed by atoms with Crippen molar-refractivity contribution in [1.82, 2.24) is 0 Å². The van der Waals surface area contributed by atoms with Crippen molar-refractivity contribution in [3.63, 3.8) is 0 Å². The topological polar surface area (TPSA) is 60.5 Å². The molecule has 0 bridgehead atoms. The van der Waals surface area contributed by atoms with Gasteiger partial charge in [0, 0.05) is 21.1 Å². The third kappa shape index (κ3) is 6.40. The van der Waals surface area contributed by atoms with E-state index >= 15 is 0 Å². The third-order valence-corrected chi connectivity index (χ3v) is 5.41. The Morgan fingerprint density at radius 1 is 1.45 bits per heavy atom. The standard InChI is InChI=1S/C15H25ClO5Si/c1-22(2,3)7-6-18-11-20-14-4-5-15(17,8-13(14)16)21-10-12-9-19-12/h4-5,12,17H,6-11H2,1-3H3/t12-,15?/m0/s1. The summed E-state index contributed by atoms with van der Waals surface area (Å²) >= 11 is 6.17. The van der Waals surface area contributed by atoms with Crippen LogP contribution in [0.5, 0.6) is 0 Å². The predicted octanol–water partition coefficient (Wildman–Crippen LogP) is 2.83. The molecule has 1 fully saturated rings. The Bertz CT molecular complexity index is 442. The first-order chi connectivity index (χ1) is 10.3. The second-order valence-corrected chi connectivity index (χ2v) is 12.9. The lowest BCUT2D eigenvalue weighted by Gasteiger charge is -2.28. The Morgan fingerprint density at radius 3 is 2.77 bits per heavy atom. The largest absolute Gasteiger partial charge is 0.466 e. The highest BCUT2D eigenvalue weighted by Crippen LogP contribution is 2.31. The Kier molecular flexibility index (Phi) is 6.10. The molecule has 126 valence electrons. The summed E-state index contributed by atoms with van der Waals surface area (Å²) in [4.78, 5) is 0. The van der Waals surface area contributed by atoms with Crippen LogP contribution in [0, 0.1) is 0 Å². The third-order valence-electron chi connectivity index (χ3n) is 3.39. The maximum Gasteiger partial charge on any atom is 0.190 e.